The van der Waals surface area contributed by atoms with Gasteiger partial charge in [0.1, 0.15) is 11.9 Å². The molecule has 0 bridgehead atoms. The molecular weight excluding hydrogens is 336 g/mol. The van der Waals surface area contributed by atoms with Gasteiger partial charge in [0.25, 0.3) is 0 Å². The largest absolute Gasteiger partial charge is 0.497 e. The molecule has 4 nitrogen and oxygen atoms in total. The quantitative estimate of drug-likeness (QED) is 0.814. The molecule has 0 amide bonds. The number of ether oxygens (including phenoxy) is 2. The van der Waals surface area contributed by atoms with Gasteiger partial charge < -0.3 is 14.4 Å². The molecule has 2 aromatic rings. The van der Waals surface area contributed by atoms with Crippen molar-refractivity contribution in [3.05, 3.63) is 59.7 Å². The molecule has 2 aliphatic rings. The third-order valence-electron chi connectivity index (χ3n) is 6.06. The molecule has 4 heteroatoms. The lowest BCUT2D eigenvalue weighted by Crippen LogP contribution is -2.56. The van der Waals surface area contributed by atoms with Crippen molar-refractivity contribution >= 4 is 5.69 Å². The Labute approximate surface area is 162 Å². The Kier molecular flexibility index (Phi) is 5.37. The van der Waals surface area contributed by atoms with Gasteiger partial charge in [0.15, 0.2) is 0 Å². The van der Waals surface area contributed by atoms with Gasteiger partial charge in [-0.1, -0.05) is 38.1 Å². The summed E-state index contributed by atoms with van der Waals surface area (Å²) in [5.74, 6) is 1.35. The van der Waals surface area contributed by atoms with E-state index in [1.165, 1.54) is 16.8 Å². The number of likely N-dealkylation sites (N-methyl/N-ethyl adjacent to an activating group) is 1. The summed E-state index contributed by atoms with van der Waals surface area (Å²) in [6, 6.07) is 17.6. The summed E-state index contributed by atoms with van der Waals surface area (Å²) in [6.45, 7) is 9.51. The Morgan fingerprint density at radius 3 is 2.48 bits per heavy atom. The number of benzene rings is 2. The molecule has 0 N–H and O–H groups in total. The third-order valence-corrected chi connectivity index (χ3v) is 6.06. The van der Waals surface area contributed by atoms with Crippen molar-refractivity contribution in [3.63, 3.8) is 0 Å². The van der Waals surface area contributed by atoms with E-state index in [0.717, 1.165) is 38.5 Å². The van der Waals surface area contributed by atoms with Crippen LogP contribution in [-0.4, -0.2) is 50.8 Å². The number of rotatable bonds is 4. The number of methoxy groups -OCH3 is 1. The maximum absolute atomic E-state index is 6.45. The first-order valence-electron chi connectivity index (χ1n) is 10.0. The van der Waals surface area contributed by atoms with E-state index in [0.29, 0.717) is 12.0 Å². The van der Waals surface area contributed by atoms with Gasteiger partial charge in [0.05, 0.1) is 19.8 Å². The summed E-state index contributed by atoms with van der Waals surface area (Å²) < 4.78 is 11.8. The Hall–Kier alpha value is -2.04. The molecule has 2 heterocycles. The highest BCUT2D eigenvalue weighted by Gasteiger charge is 2.38. The van der Waals surface area contributed by atoms with Crippen LogP contribution >= 0.6 is 0 Å². The van der Waals surface area contributed by atoms with E-state index in [-0.39, 0.29) is 6.10 Å². The van der Waals surface area contributed by atoms with E-state index in [9.17, 15) is 0 Å². The highest BCUT2D eigenvalue weighted by atomic mass is 16.5. The summed E-state index contributed by atoms with van der Waals surface area (Å²) >= 11 is 0. The summed E-state index contributed by atoms with van der Waals surface area (Å²) in [5.41, 5.74) is 4.05. The van der Waals surface area contributed by atoms with Crippen molar-refractivity contribution < 1.29 is 9.47 Å². The molecule has 1 saturated heterocycles. The van der Waals surface area contributed by atoms with Gasteiger partial charge >= 0.3 is 0 Å². The smallest absolute Gasteiger partial charge is 0.119 e. The SMILES string of the molecule is CCN1CCN(c2ccc(OC)cc2)C(C2OCC(C)c3ccccc32)C1. The minimum absolute atomic E-state index is 0.105. The second-order valence-electron chi connectivity index (χ2n) is 7.64. The minimum atomic E-state index is 0.105. The first-order chi connectivity index (χ1) is 13.2. The van der Waals surface area contributed by atoms with E-state index in [1.54, 1.807) is 7.11 Å². The van der Waals surface area contributed by atoms with Gasteiger partial charge in [-0.3, -0.25) is 4.90 Å². The Balaban J connectivity index is 1.68. The molecule has 2 aromatic carbocycles. The number of nitrogens with zero attached hydrogens (tertiary/aromatic N) is 2. The number of fused-ring (bicyclic) bond motifs is 1. The van der Waals surface area contributed by atoms with E-state index < -0.39 is 0 Å². The molecular formula is C23H30N2O2. The predicted molar refractivity (Wildman–Crippen MR) is 110 cm³/mol. The highest BCUT2D eigenvalue weighted by Crippen LogP contribution is 2.39. The monoisotopic (exact) mass is 366 g/mol. The van der Waals surface area contributed by atoms with Crippen LogP contribution in [0.5, 0.6) is 5.75 Å². The fourth-order valence-electron chi connectivity index (χ4n) is 4.47. The number of piperazine rings is 1. The molecule has 3 atom stereocenters. The van der Waals surface area contributed by atoms with Crippen molar-refractivity contribution in [3.8, 4) is 5.75 Å². The number of anilines is 1. The lowest BCUT2D eigenvalue weighted by molar-refractivity contribution is -0.00154. The summed E-state index contributed by atoms with van der Waals surface area (Å²) in [6.07, 6.45) is 0.105. The van der Waals surface area contributed by atoms with Crippen LogP contribution in [0.1, 0.15) is 37.0 Å². The van der Waals surface area contributed by atoms with Gasteiger partial charge in [-0.05, 0) is 41.9 Å². The molecule has 2 aliphatic heterocycles. The van der Waals surface area contributed by atoms with Crippen LogP contribution in [0, 0.1) is 0 Å². The first kappa shape index (κ1) is 18.3. The molecule has 0 aliphatic carbocycles. The van der Waals surface area contributed by atoms with Gasteiger partial charge in [-0.25, -0.2) is 0 Å². The summed E-state index contributed by atoms with van der Waals surface area (Å²) in [7, 11) is 1.71. The van der Waals surface area contributed by atoms with Crippen LogP contribution in [0.25, 0.3) is 0 Å². The topological polar surface area (TPSA) is 24.9 Å². The highest BCUT2D eigenvalue weighted by molar-refractivity contribution is 5.52. The second kappa shape index (κ2) is 7.91. The molecule has 4 rings (SSSR count). The molecule has 3 unspecified atom stereocenters. The molecule has 0 aromatic heterocycles. The summed E-state index contributed by atoms with van der Waals surface area (Å²) in [4.78, 5) is 5.07. The second-order valence-corrected chi connectivity index (χ2v) is 7.64. The number of hydrogen-bond acceptors (Lipinski definition) is 4. The fourth-order valence-corrected chi connectivity index (χ4v) is 4.47. The Morgan fingerprint density at radius 2 is 1.78 bits per heavy atom. The van der Waals surface area contributed by atoms with Crippen LogP contribution in [0.2, 0.25) is 0 Å². The van der Waals surface area contributed by atoms with E-state index in [4.69, 9.17) is 9.47 Å². The van der Waals surface area contributed by atoms with Crippen LogP contribution in [-0.2, 0) is 4.74 Å². The van der Waals surface area contributed by atoms with Gasteiger partial charge in [0, 0.05) is 31.2 Å². The van der Waals surface area contributed by atoms with E-state index in [2.05, 4.69) is 72.2 Å². The lowest BCUT2D eigenvalue weighted by Gasteiger charge is -2.47. The first-order valence-corrected chi connectivity index (χ1v) is 10.0. The molecule has 0 spiro atoms. The zero-order chi connectivity index (χ0) is 18.8. The summed E-state index contributed by atoms with van der Waals surface area (Å²) in [5, 5.41) is 0. The zero-order valence-electron chi connectivity index (χ0n) is 16.6. The predicted octanol–water partition coefficient (Wildman–Crippen LogP) is 4.08. The van der Waals surface area contributed by atoms with Crippen molar-refractivity contribution in [2.75, 3.05) is 44.8 Å². The van der Waals surface area contributed by atoms with Gasteiger partial charge in [-0.15, -0.1) is 0 Å². The van der Waals surface area contributed by atoms with E-state index in [1.807, 2.05) is 0 Å². The minimum Gasteiger partial charge on any atom is -0.497 e. The van der Waals surface area contributed by atoms with Gasteiger partial charge in [-0.2, -0.15) is 0 Å². The van der Waals surface area contributed by atoms with Crippen molar-refractivity contribution in [2.45, 2.75) is 31.9 Å². The van der Waals surface area contributed by atoms with Crippen molar-refractivity contribution in [1.29, 1.82) is 0 Å². The average Bonchev–Trinajstić information content (AvgIpc) is 2.74. The third kappa shape index (κ3) is 3.56. The van der Waals surface area contributed by atoms with E-state index >= 15 is 0 Å². The molecule has 0 saturated carbocycles. The molecule has 0 radical (unpaired) electrons. The molecule has 144 valence electrons. The molecule has 27 heavy (non-hydrogen) atoms. The average molecular weight is 367 g/mol. The lowest BCUT2D eigenvalue weighted by atomic mass is 9.86. The zero-order valence-corrected chi connectivity index (χ0v) is 16.6. The number of hydrogen-bond donors (Lipinski definition) is 0. The maximum atomic E-state index is 6.45. The molecule has 1 fully saturated rings. The normalized spacial score (nSPS) is 25.9. The fraction of sp³-hybridized carbons (Fsp3) is 0.478. The Bertz CT molecular complexity index is 761. The van der Waals surface area contributed by atoms with Crippen molar-refractivity contribution in [1.82, 2.24) is 4.90 Å². The van der Waals surface area contributed by atoms with Crippen LogP contribution in [0.15, 0.2) is 48.5 Å². The maximum Gasteiger partial charge on any atom is 0.119 e. The van der Waals surface area contributed by atoms with Crippen LogP contribution < -0.4 is 9.64 Å². The Morgan fingerprint density at radius 1 is 1.04 bits per heavy atom. The van der Waals surface area contributed by atoms with Crippen molar-refractivity contribution in [2.24, 2.45) is 0 Å². The van der Waals surface area contributed by atoms with Crippen LogP contribution in [0.4, 0.5) is 5.69 Å². The van der Waals surface area contributed by atoms with Gasteiger partial charge in [0.2, 0.25) is 0 Å². The van der Waals surface area contributed by atoms with Crippen LogP contribution in [0.3, 0.4) is 0 Å². The standard InChI is InChI=1S/C23H30N2O2/c1-4-24-13-14-25(18-9-11-19(26-3)12-10-18)22(15-24)23-21-8-6-5-7-20(21)17(2)16-27-23/h5-12,17,22-23H,4,13-16H2,1-3H3.